The van der Waals surface area contributed by atoms with Crippen LogP contribution in [0.3, 0.4) is 0 Å². The molecule has 0 aliphatic heterocycles. The van der Waals surface area contributed by atoms with Crippen LogP contribution in [-0.4, -0.2) is 5.91 Å². The molecule has 0 atom stereocenters. The van der Waals surface area contributed by atoms with Crippen LogP contribution in [0.4, 0.5) is 0 Å². The Kier molecular flexibility index (Phi) is 3.39. The summed E-state index contributed by atoms with van der Waals surface area (Å²) in [6, 6.07) is 4.83. The van der Waals surface area contributed by atoms with Crippen molar-refractivity contribution in [1.29, 1.82) is 0 Å². The Labute approximate surface area is 109 Å². The zero-order chi connectivity index (χ0) is 13.3. The monoisotopic (exact) mass is 265 g/mol. The van der Waals surface area contributed by atoms with E-state index in [1.807, 2.05) is 6.92 Å². The Morgan fingerprint density at radius 1 is 1.39 bits per heavy atom. The van der Waals surface area contributed by atoms with Crippen molar-refractivity contribution in [2.24, 2.45) is 0 Å². The molecule has 0 spiro atoms. The average Bonchev–Trinajstić information content (AvgIpc) is 2.28. The van der Waals surface area contributed by atoms with E-state index in [4.69, 9.17) is 16.0 Å². The number of aryl methyl sites for hydroxylation is 1. The van der Waals surface area contributed by atoms with Gasteiger partial charge in [-0.3, -0.25) is 4.79 Å². The van der Waals surface area contributed by atoms with Gasteiger partial charge in [0.1, 0.15) is 5.58 Å². The third-order valence-corrected chi connectivity index (χ3v) is 3.04. The Balaban J connectivity index is 2.60. The number of halogens is 1. The Morgan fingerprint density at radius 3 is 2.78 bits per heavy atom. The van der Waals surface area contributed by atoms with E-state index in [1.54, 1.807) is 12.1 Å². The predicted octanol–water partition coefficient (Wildman–Crippen LogP) is 2.39. The minimum absolute atomic E-state index is 0.158. The molecule has 0 saturated heterocycles. The first-order valence-corrected chi connectivity index (χ1v) is 5.82. The number of nitrogens with one attached hydrogen (secondary N) is 1. The van der Waals surface area contributed by atoms with Gasteiger partial charge in [-0.25, -0.2) is 4.79 Å². The summed E-state index contributed by atoms with van der Waals surface area (Å²) in [5, 5.41) is 3.99. The lowest BCUT2D eigenvalue weighted by molar-refractivity contribution is -0.119. The number of amides is 1. The standard InChI is InChI=1S/C13H12ClNO3/c1-7-3-12-10(5-11(7)14)9(4-13(17)18-12)6-15-8(2)16/h3-5H,6H2,1-2H3,(H,15,16). The van der Waals surface area contributed by atoms with Crippen molar-refractivity contribution in [2.75, 3.05) is 0 Å². The summed E-state index contributed by atoms with van der Waals surface area (Å²) in [4.78, 5) is 22.4. The van der Waals surface area contributed by atoms with Gasteiger partial charge in [-0.1, -0.05) is 11.6 Å². The topological polar surface area (TPSA) is 59.3 Å². The van der Waals surface area contributed by atoms with Crippen molar-refractivity contribution in [3.63, 3.8) is 0 Å². The van der Waals surface area contributed by atoms with Gasteiger partial charge < -0.3 is 9.73 Å². The molecule has 2 rings (SSSR count). The van der Waals surface area contributed by atoms with Gasteiger partial charge in [-0.2, -0.15) is 0 Å². The van der Waals surface area contributed by atoms with E-state index in [0.29, 0.717) is 16.2 Å². The van der Waals surface area contributed by atoms with Crippen LogP contribution in [0.2, 0.25) is 5.02 Å². The number of fused-ring (bicyclic) bond motifs is 1. The molecule has 2 aromatic rings. The maximum atomic E-state index is 11.4. The van der Waals surface area contributed by atoms with Crippen LogP contribution in [0.15, 0.2) is 27.4 Å². The summed E-state index contributed by atoms with van der Waals surface area (Å²) < 4.78 is 5.12. The van der Waals surface area contributed by atoms with Gasteiger partial charge in [0.05, 0.1) is 0 Å². The SMILES string of the molecule is CC(=O)NCc1cc(=O)oc2cc(C)c(Cl)cc12. The van der Waals surface area contributed by atoms with Gasteiger partial charge >= 0.3 is 5.63 Å². The van der Waals surface area contributed by atoms with Crippen LogP contribution in [0.1, 0.15) is 18.1 Å². The van der Waals surface area contributed by atoms with E-state index in [0.717, 1.165) is 10.9 Å². The Morgan fingerprint density at radius 2 is 2.11 bits per heavy atom. The van der Waals surface area contributed by atoms with Gasteiger partial charge in [0.2, 0.25) is 5.91 Å². The fraction of sp³-hybridized carbons (Fsp3) is 0.231. The molecule has 1 amide bonds. The van der Waals surface area contributed by atoms with Crippen LogP contribution in [0.25, 0.3) is 11.0 Å². The number of hydrogen-bond donors (Lipinski definition) is 1. The molecule has 1 heterocycles. The van der Waals surface area contributed by atoms with Crippen molar-refractivity contribution in [1.82, 2.24) is 5.32 Å². The molecular formula is C13H12ClNO3. The molecule has 0 saturated carbocycles. The van der Waals surface area contributed by atoms with Crippen molar-refractivity contribution in [2.45, 2.75) is 20.4 Å². The summed E-state index contributed by atoms with van der Waals surface area (Å²) in [6.45, 7) is 3.53. The van der Waals surface area contributed by atoms with E-state index in [2.05, 4.69) is 5.32 Å². The molecule has 0 bridgehead atoms. The summed E-state index contributed by atoms with van der Waals surface area (Å²) in [5.41, 5.74) is 1.57. The number of rotatable bonds is 2. The smallest absolute Gasteiger partial charge is 0.336 e. The van der Waals surface area contributed by atoms with Crippen molar-refractivity contribution in [3.05, 3.63) is 44.8 Å². The molecule has 1 aromatic heterocycles. The molecule has 0 fully saturated rings. The minimum atomic E-state index is -0.440. The van der Waals surface area contributed by atoms with E-state index >= 15 is 0 Å². The quantitative estimate of drug-likeness (QED) is 0.848. The fourth-order valence-corrected chi connectivity index (χ4v) is 1.88. The highest BCUT2D eigenvalue weighted by Gasteiger charge is 2.08. The Hall–Kier alpha value is -1.81. The number of hydrogen-bond acceptors (Lipinski definition) is 3. The number of carbonyl (C=O) groups is 1. The molecular weight excluding hydrogens is 254 g/mol. The van der Waals surface area contributed by atoms with Crippen LogP contribution in [0, 0.1) is 6.92 Å². The zero-order valence-corrected chi connectivity index (χ0v) is 10.8. The molecule has 0 radical (unpaired) electrons. The summed E-state index contributed by atoms with van der Waals surface area (Å²) in [6.07, 6.45) is 0. The average molecular weight is 266 g/mol. The maximum Gasteiger partial charge on any atom is 0.336 e. The highest BCUT2D eigenvalue weighted by Crippen LogP contribution is 2.25. The molecule has 1 N–H and O–H groups in total. The van der Waals surface area contributed by atoms with Crippen molar-refractivity contribution < 1.29 is 9.21 Å². The van der Waals surface area contributed by atoms with Crippen LogP contribution in [-0.2, 0) is 11.3 Å². The summed E-state index contributed by atoms with van der Waals surface area (Å²) in [5.74, 6) is -0.158. The predicted molar refractivity (Wildman–Crippen MR) is 69.8 cm³/mol. The first-order valence-electron chi connectivity index (χ1n) is 5.44. The second-order valence-corrected chi connectivity index (χ2v) is 4.51. The van der Waals surface area contributed by atoms with Crippen LogP contribution in [0.5, 0.6) is 0 Å². The highest BCUT2D eigenvalue weighted by molar-refractivity contribution is 6.32. The fourth-order valence-electron chi connectivity index (χ4n) is 1.71. The lowest BCUT2D eigenvalue weighted by Crippen LogP contribution is -2.20. The van der Waals surface area contributed by atoms with E-state index in [-0.39, 0.29) is 12.5 Å². The molecule has 0 aliphatic carbocycles. The van der Waals surface area contributed by atoms with Gasteiger partial charge in [0.15, 0.2) is 0 Å². The van der Waals surface area contributed by atoms with E-state index in [1.165, 1.54) is 13.0 Å². The van der Waals surface area contributed by atoms with Crippen LogP contribution >= 0.6 is 11.6 Å². The molecule has 0 aliphatic rings. The van der Waals surface area contributed by atoms with Gasteiger partial charge in [-0.15, -0.1) is 0 Å². The van der Waals surface area contributed by atoms with Gasteiger partial charge in [0.25, 0.3) is 0 Å². The second kappa shape index (κ2) is 4.82. The van der Waals surface area contributed by atoms with Crippen molar-refractivity contribution >= 4 is 28.5 Å². The van der Waals surface area contributed by atoms with Crippen molar-refractivity contribution in [3.8, 4) is 0 Å². The van der Waals surface area contributed by atoms with Gasteiger partial charge in [0, 0.05) is 29.9 Å². The molecule has 18 heavy (non-hydrogen) atoms. The normalized spacial score (nSPS) is 10.6. The van der Waals surface area contributed by atoms with Gasteiger partial charge in [-0.05, 0) is 30.2 Å². The maximum absolute atomic E-state index is 11.4. The molecule has 4 nitrogen and oxygen atoms in total. The third-order valence-electron chi connectivity index (χ3n) is 2.64. The molecule has 94 valence electrons. The van der Waals surface area contributed by atoms with Crippen LogP contribution < -0.4 is 10.9 Å². The largest absolute Gasteiger partial charge is 0.423 e. The first kappa shape index (κ1) is 12.6. The van der Waals surface area contributed by atoms with E-state index in [9.17, 15) is 9.59 Å². The molecule has 1 aromatic carbocycles. The van der Waals surface area contributed by atoms with E-state index < -0.39 is 5.63 Å². The molecule has 5 heteroatoms. The minimum Gasteiger partial charge on any atom is -0.423 e. The summed E-state index contributed by atoms with van der Waals surface area (Å²) >= 11 is 6.05. The number of benzene rings is 1. The third kappa shape index (κ3) is 2.54. The summed E-state index contributed by atoms with van der Waals surface area (Å²) in [7, 11) is 0. The highest BCUT2D eigenvalue weighted by atomic mass is 35.5. The molecule has 0 unspecified atom stereocenters. The second-order valence-electron chi connectivity index (χ2n) is 4.10. The Bertz CT molecular complexity index is 676. The number of carbonyl (C=O) groups excluding carboxylic acids is 1. The first-order chi connectivity index (χ1) is 8.47. The lowest BCUT2D eigenvalue weighted by Gasteiger charge is -2.07. The lowest BCUT2D eigenvalue weighted by atomic mass is 10.1. The zero-order valence-electron chi connectivity index (χ0n) is 10.0.